The second-order valence-electron chi connectivity index (χ2n) is 6.93. The molecule has 160 valence electrons. The van der Waals surface area contributed by atoms with E-state index in [-0.39, 0.29) is 24.4 Å². The summed E-state index contributed by atoms with van der Waals surface area (Å²) in [5.74, 6) is -2.52. The molecule has 0 atom stereocenters. The lowest BCUT2D eigenvalue weighted by atomic mass is 10.2. The van der Waals surface area contributed by atoms with E-state index in [4.69, 9.17) is 0 Å². The van der Waals surface area contributed by atoms with Gasteiger partial charge in [0.2, 0.25) is 5.91 Å². The Labute approximate surface area is 179 Å². The number of carbonyl (C=O) groups excluding carboxylic acids is 2. The zero-order valence-electron chi connectivity index (χ0n) is 16.9. The summed E-state index contributed by atoms with van der Waals surface area (Å²) in [4.78, 5) is 24.5. The van der Waals surface area contributed by atoms with Crippen LogP contribution in [0.5, 0.6) is 0 Å². The van der Waals surface area contributed by atoms with Crippen molar-refractivity contribution in [3.63, 3.8) is 0 Å². The molecule has 3 aromatic carbocycles. The molecule has 0 bridgehead atoms. The van der Waals surface area contributed by atoms with Crippen LogP contribution in [-0.2, 0) is 11.3 Å². The van der Waals surface area contributed by atoms with E-state index in [1.54, 1.807) is 5.01 Å². The largest absolute Gasteiger partial charge is 0.352 e. The maximum Gasteiger partial charge on any atom is 0.254 e. The second-order valence-corrected chi connectivity index (χ2v) is 6.93. The Kier molecular flexibility index (Phi) is 7.70. The number of rotatable bonds is 9. The lowest BCUT2D eigenvalue weighted by molar-refractivity contribution is -0.121. The van der Waals surface area contributed by atoms with Gasteiger partial charge in [-0.15, -0.1) is 0 Å². The SMILES string of the molecule is O=C(CCCNC(=O)c1ccc(F)cc1F)NN(Cc1ccccc1)c1ccccc1. The van der Waals surface area contributed by atoms with E-state index in [9.17, 15) is 18.4 Å². The third-order valence-electron chi connectivity index (χ3n) is 4.55. The molecule has 0 spiro atoms. The van der Waals surface area contributed by atoms with Gasteiger partial charge in [0.15, 0.2) is 0 Å². The highest BCUT2D eigenvalue weighted by atomic mass is 19.1. The highest BCUT2D eigenvalue weighted by molar-refractivity contribution is 5.94. The van der Waals surface area contributed by atoms with Gasteiger partial charge in [-0.2, -0.15) is 0 Å². The number of halogens is 2. The number of carbonyl (C=O) groups is 2. The minimum atomic E-state index is -0.922. The molecule has 0 fully saturated rings. The summed E-state index contributed by atoms with van der Waals surface area (Å²) in [6.45, 7) is 0.685. The number of para-hydroxylation sites is 1. The van der Waals surface area contributed by atoms with Gasteiger partial charge >= 0.3 is 0 Å². The number of nitrogens with zero attached hydrogens (tertiary/aromatic N) is 1. The summed E-state index contributed by atoms with van der Waals surface area (Å²) in [6.07, 6.45) is 0.540. The van der Waals surface area contributed by atoms with Gasteiger partial charge in [0, 0.05) is 19.0 Å². The minimum Gasteiger partial charge on any atom is -0.352 e. The first kappa shape index (κ1) is 22.0. The number of amides is 2. The zero-order chi connectivity index (χ0) is 22.1. The first-order valence-electron chi connectivity index (χ1n) is 9.92. The molecule has 0 aliphatic heterocycles. The van der Waals surface area contributed by atoms with Gasteiger partial charge in [-0.1, -0.05) is 48.5 Å². The summed E-state index contributed by atoms with van der Waals surface area (Å²) in [5.41, 5.74) is 4.55. The van der Waals surface area contributed by atoms with Crippen molar-refractivity contribution < 1.29 is 18.4 Å². The molecule has 5 nitrogen and oxygen atoms in total. The van der Waals surface area contributed by atoms with Gasteiger partial charge in [0.25, 0.3) is 5.91 Å². The zero-order valence-corrected chi connectivity index (χ0v) is 16.9. The fourth-order valence-electron chi connectivity index (χ4n) is 3.00. The molecule has 0 unspecified atom stereocenters. The van der Waals surface area contributed by atoms with E-state index in [0.717, 1.165) is 23.4 Å². The van der Waals surface area contributed by atoms with Crippen molar-refractivity contribution in [2.24, 2.45) is 0 Å². The average molecular weight is 423 g/mol. The summed E-state index contributed by atoms with van der Waals surface area (Å²) in [7, 11) is 0. The minimum absolute atomic E-state index is 0.171. The smallest absolute Gasteiger partial charge is 0.254 e. The molecule has 0 aliphatic carbocycles. The summed E-state index contributed by atoms with van der Waals surface area (Å²) in [6, 6.07) is 22.0. The lowest BCUT2D eigenvalue weighted by Gasteiger charge is -2.25. The standard InChI is InChI=1S/C24H23F2N3O2/c25-19-13-14-21(22(26)16-19)24(31)27-15-7-12-23(30)28-29(20-10-5-2-6-11-20)17-18-8-3-1-4-9-18/h1-6,8-11,13-14,16H,7,12,15,17H2,(H,27,31)(H,28,30). The summed E-state index contributed by atoms with van der Waals surface area (Å²) < 4.78 is 26.6. The van der Waals surface area contributed by atoms with Crippen molar-refractivity contribution in [2.75, 3.05) is 11.6 Å². The maximum atomic E-state index is 13.7. The number of nitrogens with one attached hydrogen (secondary N) is 2. The van der Waals surface area contributed by atoms with Gasteiger partial charge in [-0.3, -0.25) is 20.0 Å². The molecule has 0 heterocycles. The Morgan fingerprint density at radius 1 is 0.871 bits per heavy atom. The van der Waals surface area contributed by atoms with Crippen LogP contribution in [0.15, 0.2) is 78.9 Å². The van der Waals surface area contributed by atoms with Crippen molar-refractivity contribution in [3.8, 4) is 0 Å². The van der Waals surface area contributed by atoms with Crippen LogP contribution in [0.2, 0.25) is 0 Å². The molecular formula is C24H23F2N3O2. The van der Waals surface area contributed by atoms with Crippen LogP contribution in [0.3, 0.4) is 0 Å². The Balaban J connectivity index is 1.51. The van der Waals surface area contributed by atoms with Crippen molar-refractivity contribution >= 4 is 17.5 Å². The average Bonchev–Trinajstić information content (AvgIpc) is 2.77. The molecule has 0 radical (unpaired) electrons. The predicted molar refractivity (Wildman–Crippen MR) is 115 cm³/mol. The Morgan fingerprint density at radius 3 is 2.23 bits per heavy atom. The van der Waals surface area contributed by atoms with E-state index in [1.165, 1.54) is 0 Å². The van der Waals surface area contributed by atoms with E-state index in [1.807, 2.05) is 60.7 Å². The molecule has 0 aliphatic rings. The van der Waals surface area contributed by atoms with Gasteiger partial charge in [-0.25, -0.2) is 8.78 Å². The molecule has 31 heavy (non-hydrogen) atoms. The summed E-state index contributed by atoms with van der Waals surface area (Å²) >= 11 is 0. The molecule has 3 rings (SSSR count). The van der Waals surface area contributed by atoms with E-state index < -0.39 is 17.5 Å². The predicted octanol–water partition coefficient (Wildman–Crippen LogP) is 4.21. The number of hydrogen-bond donors (Lipinski definition) is 2. The van der Waals surface area contributed by atoms with Gasteiger partial charge in [-0.05, 0) is 36.2 Å². The monoisotopic (exact) mass is 423 g/mol. The molecule has 7 heteroatoms. The molecule has 2 amide bonds. The van der Waals surface area contributed by atoms with Crippen molar-refractivity contribution in [3.05, 3.63) is 102 Å². The van der Waals surface area contributed by atoms with E-state index in [2.05, 4.69) is 10.7 Å². The fourth-order valence-corrected chi connectivity index (χ4v) is 3.00. The maximum absolute atomic E-state index is 13.7. The van der Waals surface area contributed by atoms with Crippen LogP contribution >= 0.6 is 0 Å². The molecule has 0 saturated carbocycles. The Hall–Kier alpha value is -3.74. The fraction of sp³-hybridized carbons (Fsp3) is 0.167. The first-order valence-corrected chi connectivity index (χ1v) is 9.92. The van der Waals surface area contributed by atoms with Crippen LogP contribution in [0.25, 0.3) is 0 Å². The number of hydrazine groups is 1. The molecule has 2 N–H and O–H groups in total. The third kappa shape index (κ3) is 6.64. The van der Waals surface area contributed by atoms with Crippen LogP contribution in [0.1, 0.15) is 28.8 Å². The quantitative estimate of drug-likeness (QED) is 0.400. The second kappa shape index (κ2) is 10.9. The Bertz CT molecular complexity index is 1010. The highest BCUT2D eigenvalue weighted by Gasteiger charge is 2.13. The van der Waals surface area contributed by atoms with Gasteiger partial charge in [0.05, 0.1) is 17.8 Å². The van der Waals surface area contributed by atoms with Crippen LogP contribution in [-0.4, -0.2) is 18.4 Å². The van der Waals surface area contributed by atoms with Crippen molar-refractivity contribution in [2.45, 2.75) is 19.4 Å². The topological polar surface area (TPSA) is 61.4 Å². The van der Waals surface area contributed by atoms with Gasteiger partial charge in [0.1, 0.15) is 11.6 Å². The summed E-state index contributed by atoms with van der Waals surface area (Å²) in [5, 5.41) is 4.31. The third-order valence-corrected chi connectivity index (χ3v) is 4.55. The van der Waals surface area contributed by atoms with Crippen molar-refractivity contribution in [1.82, 2.24) is 10.7 Å². The van der Waals surface area contributed by atoms with Crippen molar-refractivity contribution in [1.29, 1.82) is 0 Å². The molecule has 3 aromatic rings. The van der Waals surface area contributed by atoms with E-state index >= 15 is 0 Å². The van der Waals surface area contributed by atoms with E-state index in [0.29, 0.717) is 19.0 Å². The molecular weight excluding hydrogens is 400 g/mol. The van der Waals surface area contributed by atoms with Crippen LogP contribution in [0, 0.1) is 11.6 Å². The first-order chi connectivity index (χ1) is 15.0. The normalized spacial score (nSPS) is 10.4. The van der Waals surface area contributed by atoms with Gasteiger partial charge < -0.3 is 5.32 Å². The lowest BCUT2D eigenvalue weighted by Crippen LogP contribution is -2.42. The number of benzene rings is 3. The van der Waals surface area contributed by atoms with Crippen LogP contribution < -0.4 is 15.8 Å². The highest BCUT2D eigenvalue weighted by Crippen LogP contribution is 2.15. The molecule has 0 aromatic heterocycles. The molecule has 0 saturated heterocycles. The number of anilines is 1. The Morgan fingerprint density at radius 2 is 1.55 bits per heavy atom. The van der Waals surface area contributed by atoms with Crippen LogP contribution in [0.4, 0.5) is 14.5 Å². The number of hydrogen-bond acceptors (Lipinski definition) is 3.